The van der Waals surface area contributed by atoms with Crippen LogP contribution in [0.3, 0.4) is 0 Å². The van der Waals surface area contributed by atoms with E-state index in [9.17, 15) is 0 Å². The summed E-state index contributed by atoms with van der Waals surface area (Å²) in [7, 11) is 3.99. The van der Waals surface area contributed by atoms with E-state index in [4.69, 9.17) is 4.74 Å². The molecule has 0 aromatic heterocycles. The first-order valence-electron chi connectivity index (χ1n) is 7.30. The van der Waals surface area contributed by atoms with E-state index in [-0.39, 0.29) is 0 Å². The maximum absolute atomic E-state index is 5.71. The SMILES string of the molecule is C=CC=CC(=C)N(C)CCN(C)C(=C)OCc1ccccc1. The molecule has 0 radical (unpaired) electrons. The highest BCUT2D eigenvalue weighted by molar-refractivity contribution is 5.17. The normalized spacial score (nSPS) is 10.3. The fourth-order valence-corrected chi connectivity index (χ4v) is 1.73. The van der Waals surface area contributed by atoms with Crippen LogP contribution in [0.2, 0.25) is 0 Å². The van der Waals surface area contributed by atoms with Crippen LogP contribution in [0.25, 0.3) is 0 Å². The minimum atomic E-state index is 0.536. The molecule has 0 aliphatic rings. The minimum absolute atomic E-state index is 0.536. The second-order valence-electron chi connectivity index (χ2n) is 5.10. The van der Waals surface area contributed by atoms with Gasteiger partial charge in [-0.25, -0.2) is 0 Å². The van der Waals surface area contributed by atoms with Crippen molar-refractivity contribution in [3.63, 3.8) is 0 Å². The summed E-state index contributed by atoms with van der Waals surface area (Å²) >= 11 is 0. The van der Waals surface area contributed by atoms with E-state index in [1.807, 2.05) is 61.5 Å². The third-order valence-corrected chi connectivity index (χ3v) is 3.36. The van der Waals surface area contributed by atoms with E-state index in [2.05, 4.69) is 24.6 Å². The van der Waals surface area contributed by atoms with Gasteiger partial charge >= 0.3 is 0 Å². The lowest BCUT2D eigenvalue weighted by molar-refractivity contribution is 0.114. The lowest BCUT2D eigenvalue weighted by Gasteiger charge is -2.26. The van der Waals surface area contributed by atoms with Crippen molar-refractivity contribution in [2.45, 2.75) is 6.61 Å². The van der Waals surface area contributed by atoms with E-state index < -0.39 is 0 Å². The molecule has 0 aliphatic carbocycles. The molecule has 1 aromatic rings. The van der Waals surface area contributed by atoms with E-state index in [1.54, 1.807) is 6.08 Å². The number of hydrogen-bond acceptors (Lipinski definition) is 3. The van der Waals surface area contributed by atoms with Crippen molar-refractivity contribution in [1.29, 1.82) is 0 Å². The number of allylic oxidation sites excluding steroid dienone is 3. The number of hydrogen-bond donors (Lipinski definition) is 0. The first-order valence-corrected chi connectivity index (χ1v) is 7.30. The van der Waals surface area contributed by atoms with Gasteiger partial charge < -0.3 is 14.5 Å². The van der Waals surface area contributed by atoms with Crippen molar-refractivity contribution in [2.75, 3.05) is 27.2 Å². The summed E-state index contributed by atoms with van der Waals surface area (Å²) in [6.45, 7) is 13.8. The van der Waals surface area contributed by atoms with Gasteiger partial charge in [0.15, 0.2) is 5.88 Å². The number of likely N-dealkylation sites (N-methyl/N-ethyl adjacent to an activating group) is 2. The molecule has 0 unspecified atom stereocenters. The maximum Gasteiger partial charge on any atom is 0.182 e. The summed E-state index contributed by atoms with van der Waals surface area (Å²) in [5.41, 5.74) is 2.08. The van der Waals surface area contributed by atoms with Crippen molar-refractivity contribution in [1.82, 2.24) is 9.80 Å². The molecule has 1 aromatic carbocycles. The van der Waals surface area contributed by atoms with Gasteiger partial charge in [0.2, 0.25) is 0 Å². The molecule has 0 saturated carbocycles. The molecule has 118 valence electrons. The fourth-order valence-electron chi connectivity index (χ4n) is 1.73. The van der Waals surface area contributed by atoms with Gasteiger partial charge in [0.05, 0.1) is 0 Å². The zero-order valence-electron chi connectivity index (χ0n) is 13.7. The number of rotatable bonds is 10. The first kappa shape index (κ1) is 17.6. The van der Waals surface area contributed by atoms with Gasteiger partial charge in [-0.15, -0.1) is 0 Å². The zero-order valence-corrected chi connectivity index (χ0v) is 13.7. The van der Waals surface area contributed by atoms with Gasteiger partial charge in [-0.3, -0.25) is 0 Å². The van der Waals surface area contributed by atoms with Gasteiger partial charge in [-0.2, -0.15) is 0 Å². The van der Waals surface area contributed by atoms with Crippen LogP contribution in [-0.2, 0) is 11.3 Å². The van der Waals surface area contributed by atoms with Crippen LogP contribution in [0.5, 0.6) is 0 Å². The summed E-state index contributed by atoms with van der Waals surface area (Å²) in [6.07, 6.45) is 5.56. The van der Waals surface area contributed by atoms with E-state index in [1.165, 1.54) is 0 Å². The Labute approximate surface area is 134 Å². The maximum atomic E-state index is 5.71. The molecule has 1 rings (SSSR count). The van der Waals surface area contributed by atoms with Gasteiger partial charge in [0.1, 0.15) is 6.61 Å². The predicted molar refractivity (Wildman–Crippen MR) is 94.1 cm³/mol. The molecular weight excluding hydrogens is 272 g/mol. The van der Waals surface area contributed by atoms with Crippen molar-refractivity contribution < 1.29 is 4.74 Å². The van der Waals surface area contributed by atoms with E-state index in [0.717, 1.165) is 24.4 Å². The summed E-state index contributed by atoms with van der Waals surface area (Å²) in [5, 5.41) is 0. The molecule has 0 atom stereocenters. The summed E-state index contributed by atoms with van der Waals surface area (Å²) in [4.78, 5) is 4.09. The van der Waals surface area contributed by atoms with Crippen LogP contribution in [0.1, 0.15) is 5.56 Å². The molecule has 0 saturated heterocycles. The molecule has 22 heavy (non-hydrogen) atoms. The van der Waals surface area contributed by atoms with Crippen LogP contribution in [0, 0.1) is 0 Å². The van der Waals surface area contributed by atoms with Crippen molar-refractivity contribution >= 4 is 0 Å². The monoisotopic (exact) mass is 298 g/mol. The Morgan fingerprint density at radius 2 is 1.73 bits per heavy atom. The Morgan fingerprint density at radius 3 is 2.36 bits per heavy atom. The largest absolute Gasteiger partial charge is 0.475 e. The molecule has 0 bridgehead atoms. The summed E-state index contributed by atoms with van der Waals surface area (Å²) in [5.74, 6) is 0.671. The third-order valence-electron chi connectivity index (χ3n) is 3.36. The molecule has 0 fully saturated rings. The van der Waals surface area contributed by atoms with Crippen molar-refractivity contribution in [2.24, 2.45) is 0 Å². The molecule has 0 spiro atoms. The quantitative estimate of drug-likeness (QED) is 0.483. The summed E-state index contributed by atoms with van der Waals surface area (Å²) < 4.78 is 5.71. The molecule has 0 N–H and O–H groups in total. The van der Waals surface area contributed by atoms with Crippen LogP contribution >= 0.6 is 0 Å². The predicted octanol–water partition coefficient (Wildman–Crippen LogP) is 3.79. The fraction of sp³-hybridized carbons (Fsp3) is 0.263. The van der Waals surface area contributed by atoms with Crippen molar-refractivity contribution in [3.05, 3.63) is 85.4 Å². The first-order chi connectivity index (χ1) is 10.5. The number of ether oxygens (including phenoxy) is 1. The molecule has 3 heteroatoms. The zero-order chi connectivity index (χ0) is 16.4. The Bertz CT molecular complexity index is 519. The molecule has 0 heterocycles. The standard InChI is InChI=1S/C19H26N2O/c1-6-7-11-17(2)20(4)14-15-21(5)18(3)22-16-19-12-9-8-10-13-19/h6-13H,1-3,14-16H2,4-5H3. The van der Waals surface area contributed by atoms with Crippen LogP contribution in [0.15, 0.2) is 79.9 Å². The minimum Gasteiger partial charge on any atom is -0.475 e. The van der Waals surface area contributed by atoms with Gasteiger partial charge in [-0.05, 0) is 18.2 Å². The Morgan fingerprint density at radius 1 is 1.09 bits per heavy atom. The van der Waals surface area contributed by atoms with Crippen LogP contribution in [0.4, 0.5) is 0 Å². The second-order valence-corrected chi connectivity index (χ2v) is 5.10. The van der Waals surface area contributed by atoms with Gasteiger partial charge in [0, 0.05) is 32.9 Å². The van der Waals surface area contributed by atoms with Crippen molar-refractivity contribution in [3.8, 4) is 0 Å². The van der Waals surface area contributed by atoms with Gasteiger partial charge in [0.25, 0.3) is 0 Å². The summed E-state index contributed by atoms with van der Waals surface area (Å²) in [6, 6.07) is 10.1. The van der Waals surface area contributed by atoms with Crippen LogP contribution < -0.4 is 0 Å². The highest BCUT2D eigenvalue weighted by Gasteiger charge is 2.06. The highest BCUT2D eigenvalue weighted by atomic mass is 16.5. The highest BCUT2D eigenvalue weighted by Crippen LogP contribution is 2.08. The Kier molecular flexibility index (Phi) is 7.62. The second kappa shape index (κ2) is 9.50. The molecule has 3 nitrogen and oxygen atoms in total. The average Bonchev–Trinajstić information content (AvgIpc) is 2.55. The molecular formula is C19H26N2O. The Balaban J connectivity index is 2.33. The lowest BCUT2D eigenvalue weighted by atomic mass is 10.2. The smallest absolute Gasteiger partial charge is 0.182 e. The molecule has 0 amide bonds. The number of benzene rings is 1. The Hall–Kier alpha value is -2.42. The lowest BCUT2D eigenvalue weighted by Crippen LogP contribution is -2.30. The average molecular weight is 298 g/mol. The van der Waals surface area contributed by atoms with Crippen LogP contribution in [-0.4, -0.2) is 37.0 Å². The van der Waals surface area contributed by atoms with E-state index in [0.29, 0.717) is 12.5 Å². The molecule has 0 aliphatic heterocycles. The van der Waals surface area contributed by atoms with E-state index >= 15 is 0 Å². The number of nitrogens with zero attached hydrogens (tertiary/aromatic N) is 2. The topological polar surface area (TPSA) is 15.7 Å². The third kappa shape index (κ3) is 6.35. The van der Waals surface area contributed by atoms with Gasteiger partial charge in [-0.1, -0.05) is 55.6 Å².